The van der Waals surface area contributed by atoms with Gasteiger partial charge in [0.2, 0.25) is 10.0 Å². The smallest absolute Gasteiger partial charge is 0.258 e. The Morgan fingerprint density at radius 2 is 1.73 bits per heavy atom. The van der Waals surface area contributed by atoms with Crippen molar-refractivity contribution >= 4 is 15.9 Å². The number of hydrogen-bond acceptors (Lipinski definition) is 4. The highest BCUT2D eigenvalue weighted by molar-refractivity contribution is 7.89. The van der Waals surface area contributed by atoms with Crippen LogP contribution >= 0.6 is 0 Å². The summed E-state index contributed by atoms with van der Waals surface area (Å²) >= 11 is 0. The lowest BCUT2D eigenvalue weighted by molar-refractivity contribution is -0.123. The molecule has 0 atom stereocenters. The van der Waals surface area contributed by atoms with E-state index < -0.39 is 10.0 Å². The Balaban J connectivity index is 1.82. The van der Waals surface area contributed by atoms with Gasteiger partial charge in [0.15, 0.2) is 6.61 Å². The molecule has 0 saturated heterocycles. The Morgan fingerprint density at radius 3 is 2.31 bits per heavy atom. The molecule has 1 amide bonds. The Hall–Kier alpha value is -1.60. The average molecular weight is 383 g/mol. The van der Waals surface area contributed by atoms with E-state index in [1.807, 2.05) is 13.8 Å². The van der Waals surface area contributed by atoms with Gasteiger partial charge in [0.05, 0.1) is 4.90 Å². The van der Waals surface area contributed by atoms with Crippen molar-refractivity contribution in [2.24, 2.45) is 5.92 Å². The fraction of sp³-hybridized carbons (Fsp3) is 0.632. The van der Waals surface area contributed by atoms with Crippen molar-refractivity contribution in [3.63, 3.8) is 0 Å². The van der Waals surface area contributed by atoms with Crippen LogP contribution in [0.4, 0.5) is 0 Å². The highest BCUT2D eigenvalue weighted by atomic mass is 32.2. The summed E-state index contributed by atoms with van der Waals surface area (Å²) in [6.45, 7) is 4.22. The normalized spacial score (nSPS) is 16.3. The second-order valence-corrected chi connectivity index (χ2v) is 9.03. The number of carbonyl (C=O) groups excluding carboxylic acids is 1. The highest BCUT2D eigenvalue weighted by Crippen LogP contribution is 2.18. The quantitative estimate of drug-likeness (QED) is 0.677. The van der Waals surface area contributed by atoms with Gasteiger partial charge in [-0.3, -0.25) is 4.79 Å². The molecule has 0 heterocycles. The Kier molecular flexibility index (Phi) is 7.90. The predicted molar refractivity (Wildman–Crippen MR) is 102 cm³/mol. The van der Waals surface area contributed by atoms with Crippen LogP contribution in [0.15, 0.2) is 29.2 Å². The van der Waals surface area contributed by atoms with Crippen molar-refractivity contribution in [1.29, 1.82) is 0 Å². The Morgan fingerprint density at radius 1 is 1.12 bits per heavy atom. The molecule has 1 aromatic carbocycles. The van der Waals surface area contributed by atoms with Crippen molar-refractivity contribution in [2.45, 2.75) is 63.3 Å². The molecule has 0 radical (unpaired) electrons. The molecule has 7 heteroatoms. The summed E-state index contributed by atoms with van der Waals surface area (Å²) in [6.07, 6.45) is 6.86. The summed E-state index contributed by atoms with van der Waals surface area (Å²) in [7, 11) is -3.51. The molecule has 1 fully saturated rings. The van der Waals surface area contributed by atoms with E-state index in [-0.39, 0.29) is 29.4 Å². The summed E-state index contributed by atoms with van der Waals surface area (Å²) in [4.78, 5) is 12.2. The van der Waals surface area contributed by atoms with Crippen molar-refractivity contribution < 1.29 is 17.9 Å². The number of carbonyl (C=O) groups is 1. The lowest BCUT2D eigenvalue weighted by atomic mass is 10.1. The molecule has 2 rings (SSSR count). The maximum atomic E-state index is 12.1. The van der Waals surface area contributed by atoms with Gasteiger partial charge in [-0.2, -0.15) is 0 Å². The molecular formula is C19H30N2O4S. The van der Waals surface area contributed by atoms with E-state index in [0.29, 0.717) is 12.3 Å². The van der Waals surface area contributed by atoms with Crippen molar-refractivity contribution in [2.75, 3.05) is 13.2 Å². The van der Waals surface area contributed by atoms with Crippen LogP contribution in [0.25, 0.3) is 0 Å². The Bertz CT molecular complexity index is 663. The summed E-state index contributed by atoms with van der Waals surface area (Å²) in [5, 5.41) is 3.02. The molecule has 0 aromatic heterocycles. The standard InChI is InChI=1S/C19H30N2O4S/c1-15(2)13-20-26(23,24)18-11-9-17(10-12-18)25-14-19(22)21-16-7-5-3-4-6-8-16/h9-12,15-16,20H,3-8,13-14H2,1-2H3,(H,21,22). The molecule has 0 bridgehead atoms. The van der Waals surface area contributed by atoms with Gasteiger partial charge in [-0.1, -0.05) is 39.5 Å². The molecule has 1 aromatic rings. The minimum absolute atomic E-state index is 0.0613. The largest absolute Gasteiger partial charge is 0.484 e. The topological polar surface area (TPSA) is 84.5 Å². The van der Waals surface area contributed by atoms with Crippen molar-refractivity contribution in [3.05, 3.63) is 24.3 Å². The van der Waals surface area contributed by atoms with E-state index in [9.17, 15) is 13.2 Å². The first kappa shape index (κ1) is 20.7. The maximum absolute atomic E-state index is 12.1. The van der Waals surface area contributed by atoms with Crippen LogP contribution in [-0.4, -0.2) is 33.5 Å². The Labute approximate surface area is 156 Å². The van der Waals surface area contributed by atoms with Gasteiger partial charge >= 0.3 is 0 Å². The van der Waals surface area contributed by atoms with Gasteiger partial charge < -0.3 is 10.1 Å². The third kappa shape index (κ3) is 6.96. The van der Waals surface area contributed by atoms with Gasteiger partial charge in [0.25, 0.3) is 5.91 Å². The lowest BCUT2D eigenvalue weighted by Crippen LogP contribution is -2.37. The highest BCUT2D eigenvalue weighted by Gasteiger charge is 2.16. The van der Waals surface area contributed by atoms with Crippen molar-refractivity contribution in [1.82, 2.24) is 10.0 Å². The molecule has 2 N–H and O–H groups in total. The molecule has 0 unspecified atom stereocenters. The summed E-state index contributed by atoms with van der Waals surface area (Å²) in [5.41, 5.74) is 0. The third-order valence-electron chi connectivity index (χ3n) is 4.41. The van der Waals surface area contributed by atoms with Gasteiger partial charge in [-0.05, 0) is 43.0 Å². The monoisotopic (exact) mass is 382 g/mol. The van der Waals surface area contributed by atoms with Crippen LogP contribution in [0.3, 0.4) is 0 Å². The first-order valence-electron chi connectivity index (χ1n) is 9.39. The van der Waals surface area contributed by atoms with E-state index >= 15 is 0 Å². The first-order chi connectivity index (χ1) is 12.4. The van der Waals surface area contributed by atoms with Crippen LogP contribution < -0.4 is 14.8 Å². The predicted octanol–water partition coefficient (Wildman–Crippen LogP) is 2.84. The SMILES string of the molecule is CC(C)CNS(=O)(=O)c1ccc(OCC(=O)NC2CCCCCC2)cc1. The van der Waals surface area contributed by atoms with E-state index in [4.69, 9.17) is 4.74 Å². The van der Waals surface area contributed by atoms with E-state index in [2.05, 4.69) is 10.0 Å². The van der Waals surface area contributed by atoms with Gasteiger partial charge in [0.1, 0.15) is 5.75 Å². The minimum Gasteiger partial charge on any atom is -0.484 e. The number of ether oxygens (including phenoxy) is 1. The number of rotatable bonds is 8. The van der Waals surface area contributed by atoms with E-state index in [1.54, 1.807) is 12.1 Å². The zero-order valence-corrected chi connectivity index (χ0v) is 16.5. The fourth-order valence-electron chi connectivity index (χ4n) is 2.92. The van der Waals surface area contributed by atoms with Gasteiger partial charge in [0, 0.05) is 12.6 Å². The van der Waals surface area contributed by atoms with E-state index in [0.717, 1.165) is 25.7 Å². The average Bonchev–Trinajstić information content (AvgIpc) is 2.87. The minimum atomic E-state index is -3.51. The fourth-order valence-corrected chi connectivity index (χ4v) is 4.13. The van der Waals surface area contributed by atoms with Crippen LogP contribution in [0.1, 0.15) is 52.4 Å². The summed E-state index contributed by atoms with van der Waals surface area (Å²) in [6, 6.07) is 6.36. The molecular weight excluding hydrogens is 352 g/mol. The van der Waals surface area contributed by atoms with E-state index in [1.165, 1.54) is 25.0 Å². The second kappa shape index (κ2) is 9.92. The maximum Gasteiger partial charge on any atom is 0.258 e. The zero-order chi connectivity index (χ0) is 19.0. The molecule has 6 nitrogen and oxygen atoms in total. The number of benzene rings is 1. The van der Waals surface area contributed by atoms with Crippen LogP contribution in [-0.2, 0) is 14.8 Å². The molecule has 1 saturated carbocycles. The first-order valence-corrected chi connectivity index (χ1v) is 10.9. The second-order valence-electron chi connectivity index (χ2n) is 7.26. The van der Waals surface area contributed by atoms with Gasteiger partial charge in [-0.25, -0.2) is 13.1 Å². The molecule has 1 aliphatic carbocycles. The molecule has 1 aliphatic rings. The number of hydrogen-bond donors (Lipinski definition) is 2. The molecule has 0 aliphatic heterocycles. The summed E-state index contributed by atoms with van der Waals surface area (Å²) < 4.78 is 32.3. The molecule has 0 spiro atoms. The zero-order valence-electron chi connectivity index (χ0n) is 15.7. The van der Waals surface area contributed by atoms with Crippen LogP contribution in [0.5, 0.6) is 5.75 Å². The lowest BCUT2D eigenvalue weighted by Gasteiger charge is -2.16. The van der Waals surface area contributed by atoms with Crippen LogP contribution in [0.2, 0.25) is 0 Å². The van der Waals surface area contributed by atoms with Crippen molar-refractivity contribution in [3.8, 4) is 5.75 Å². The van der Waals surface area contributed by atoms with Gasteiger partial charge in [-0.15, -0.1) is 0 Å². The summed E-state index contributed by atoms with van der Waals surface area (Å²) in [5.74, 6) is 0.579. The third-order valence-corrected chi connectivity index (χ3v) is 5.85. The molecule has 146 valence electrons. The van der Waals surface area contributed by atoms with Crippen LogP contribution in [0, 0.1) is 5.92 Å². The molecule has 26 heavy (non-hydrogen) atoms. The number of amides is 1. The number of sulfonamides is 1. The number of nitrogens with one attached hydrogen (secondary N) is 2.